The molecule has 3 rings (SSSR count). The molecule has 0 saturated carbocycles. The molecule has 1 aliphatic rings. The molecule has 1 fully saturated rings. The van der Waals surface area contributed by atoms with E-state index in [0.717, 1.165) is 36.9 Å². The predicted octanol–water partition coefficient (Wildman–Crippen LogP) is 1.14. The zero-order valence-corrected chi connectivity index (χ0v) is 11.3. The van der Waals surface area contributed by atoms with Gasteiger partial charge in [0, 0.05) is 24.2 Å². The minimum Gasteiger partial charge on any atom is -0.306 e. The Morgan fingerprint density at radius 2 is 2.00 bits per heavy atom. The molecule has 100 valence electrons. The number of rotatable bonds is 1. The largest absolute Gasteiger partial charge is 0.306 e. The van der Waals surface area contributed by atoms with Gasteiger partial charge in [-0.1, -0.05) is 0 Å². The van der Waals surface area contributed by atoms with Crippen molar-refractivity contribution >= 4 is 11.0 Å². The summed E-state index contributed by atoms with van der Waals surface area (Å²) >= 11 is 0. The number of nitrogens with zero attached hydrogens (tertiary/aromatic N) is 4. The van der Waals surface area contributed by atoms with E-state index in [1.165, 1.54) is 6.33 Å². The van der Waals surface area contributed by atoms with Gasteiger partial charge in [-0.2, -0.15) is 0 Å². The van der Waals surface area contributed by atoms with Gasteiger partial charge in [-0.25, -0.2) is 9.97 Å². The molecule has 0 N–H and O–H groups in total. The summed E-state index contributed by atoms with van der Waals surface area (Å²) < 4.78 is 1.64. The average molecular weight is 258 g/mol. The molecule has 0 spiro atoms. The second-order valence-corrected chi connectivity index (χ2v) is 5.34. The Morgan fingerprint density at radius 3 is 2.74 bits per heavy atom. The molecule has 0 amide bonds. The fourth-order valence-electron chi connectivity index (χ4n) is 2.85. The first-order chi connectivity index (χ1) is 9.16. The highest BCUT2D eigenvalue weighted by Crippen LogP contribution is 2.26. The Labute approximate surface area is 111 Å². The van der Waals surface area contributed by atoms with Crippen LogP contribution < -0.4 is 5.56 Å². The summed E-state index contributed by atoms with van der Waals surface area (Å²) in [4.78, 5) is 23.0. The minimum atomic E-state index is 0.0840. The number of pyridine rings is 1. The van der Waals surface area contributed by atoms with Crippen molar-refractivity contribution < 1.29 is 0 Å². The Hall–Kier alpha value is -1.75. The van der Waals surface area contributed by atoms with Crippen LogP contribution >= 0.6 is 0 Å². The van der Waals surface area contributed by atoms with Crippen LogP contribution in [0.2, 0.25) is 0 Å². The topological polar surface area (TPSA) is 51.0 Å². The second-order valence-electron chi connectivity index (χ2n) is 5.34. The third kappa shape index (κ3) is 2.14. The van der Waals surface area contributed by atoms with Gasteiger partial charge in [-0.3, -0.25) is 9.36 Å². The van der Waals surface area contributed by atoms with E-state index in [4.69, 9.17) is 0 Å². The summed E-state index contributed by atoms with van der Waals surface area (Å²) in [5, 5.41) is 0.943. The van der Waals surface area contributed by atoms with Gasteiger partial charge in [0.2, 0.25) is 0 Å². The maximum Gasteiger partial charge on any atom is 0.255 e. The van der Waals surface area contributed by atoms with Crippen molar-refractivity contribution in [2.75, 3.05) is 20.1 Å². The van der Waals surface area contributed by atoms with E-state index in [9.17, 15) is 4.79 Å². The molecular weight excluding hydrogens is 240 g/mol. The van der Waals surface area contributed by atoms with Crippen molar-refractivity contribution in [3.05, 3.63) is 34.5 Å². The zero-order chi connectivity index (χ0) is 13.4. The van der Waals surface area contributed by atoms with Gasteiger partial charge < -0.3 is 4.90 Å². The molecule has 5 nitrogen and oxygen atoms in total. The molecule has 2 aromatic rings. The molecule has 5 heteroatoms. The summed E-state index contributed by atoms with van der Waals surface area (Å²) in [6.45, 7) is 2.11. The summed E-state index contributed by atoms with van der Waals surface area (Å²) in [6, 6.07) is 1.98. The number of aryl methyl sites for hydroxylation is 1. The van der Waals surface area contributed by atoms with Gasteiger partial charge in [-0.15, -0.1) is 0 Å². The van der Waals surface area contributed by atoms with E-state index < -0.39 is 0 Å². The number of aromatic nitrogens is 3. The lowest BCUT2D eigenvalue weighted by Crippen LogP contribution is -2.32. The van der Waals surface area contributed by atoms with Crippen LogP contribution in [0.5, 0.6) is 0 Å². The van der Waals surface area contributed by atoms with E-state index in [-0.39, 0.29) is 5.56 Å². The van der Waals surface area contributed by atoms with Crippen LogP contribution in [0, 0.1) is 0 Å². The smallest absolute Gasteiger partial charge is 0.255 e. The maximum absolute atomic E-state index is 12.5. The number of hydrogen-bond acceptors (Lipinski definition) is 4. The lowest BCUT2D eigenvalue weighted by atomic mass is 9.90. The second kappa shape index (κ2) is 4.74. The fraction of sp³-hybridized carbons (Fsp3) is 0.500. The Kier molecular flexibility index (Phi) is 3.06. The van der Waals surface area contributed by atoms with Gasteiger partial charge in [-0.05, 0) is 45.0 Å². The fourth-order valence-corrected chi connectivity index (χ4v) is 2.85. The van der Waals surface area contributed by atoms with Gasteiger partial charge in [0.25, 0.3) is 5.56 Å². The van der Waals surface area contributed by atoms with Crippen molar-refractivity contribution in [1.82, 2.24) is 19.4 Å². The number of fused-ring (bicyclic) bond motifs is 1. The van der Waals surface area contributed by atoms with Gasteiger partial charge in [0.15, 0.2) is 0 Å². The van der Waals surface area contributed by atoms with E-state index >= 15 is 0 Å². The molecular formula is C14H18N4O. The van der Waals surface area contributed by atoms with Crippen LogP contribution in [0.4, 0.5) is 0 Å². The average Bonchev–Trinajstić information content (AvgIpc) is 2.44. The molecule has 19 heavy (non-hydrogen) atoms. The highest BCUT2D eigenvalue weighted by Gasteiger charge is 2.22. The Bertz CT molecular complexity index is 656. The first-order valence-electron chi connectivity index (χ1n) is 6.65. The first-order valence-corrected chi connectivity index (χ1v) is 6.65. The molecule has 0 bridgehead atoms. The molecule has 0 radical (unpaired) electrons. The van der Waals surface area contributed by atoms with E-state index in [1.807, 2.05) is 6.07 Å². The quantitative estimate of drug-likeness (QED) is 0.769. The van der Waals surface area contributed by atoms with Crippen molar-refractivity contribution in [2.24, 2.45) is 7.05 Å². The molecule has 0 unspecified atom stereocenters. The van der Waals surface area contributed by atoms with Crippen LogP contribution in [-0.4, -0.2) is 39.6 Å². The van der Waals surface area contributed by atoms with Crippen molar-refractivity contribution in [2.45, 2.75) is 18.8 Å². The van der Waals surface area contributed by atoms with Crippen LogP contribution in [0.15, 0.2) is 23.4 Å². The summed E-state index contributed by atoms with van der Waals surface area (Å²) in [6.07, 6.45) is 5.35. The van der Waals surface area contributed by atoms with Gasteiger partial charge in [0.05, 0.1) is 0 Å². The summed E-state index contributed by atoms with van der Waals surface area (Å²) in [5.74, 6) is 0.361. The number of likely N-dealkylation sites (tertiary alicyclic amines) is 1. The Balaban J connectivity index is 2.09. The zero-order valence-electron chi connectivity index (χ0n) is 11.3. The van der Waals surface area contributed by atoms with E-state index in [1.54, 1.807) is 17.8 Å². The van der Waals surface area contributed by atoms with Crippen LogP contribution in [-0.2, 0) is 7.05 Å². The molecule has 1 saturated heterocycles. The van der Waals surface area contributed by atoms with Crippen LogP contribution in [0.1, 0.15) is 24.3 Å². The maximum atomic E-state index is 12.5. The van der Waals surface area contributed by atoms with Crippen LogP contribution in [0.3, 0.4) is 0 Å². The lowest BCUT2D eigenvalue weighted by Gasteiger charge is -2.29. The highest BCUT2D eigenvalue weighted by atomic mass is 16.1. The molecule has 0 atom stereocenters. The minimum absolute atomic E-state index is 0.0840. The highest BCUT2D eigenvalue weighted by molar-refractivity contribution is 5.74. The van der Waals surface area contributed by atoms with Crippen molar-refractivity contribution in [3.8, 4) is 0 Å². The number of hydrogen-bond donors (Lipinski definition) is 0. The first kappa shape index (κ1) is 12.3. The van der Waals surface area contributed by atoms with Crippen molar-refractivity contribution in [1.29, 1.82) is 0 Å². The van der Waals surface area contributed by atoms with Gasteiger partial charge >= 0.3 is 0 Å². The third-order valence-corrected chi connectivity index (χ3v) is 4.06. The molecule has 1 aliphatic heterocycles. The lowest BCUT2D eigenvalue weighted by molar-refractivity contribution is 0.254. The van der Waals surface area contributed by atoms with Crippen molar-refractivity contribution in [3.63, 3.8) is 0 Å². The number of piperidine rings is 1. The third-order valence-electron chi connectivity index (χ3n) is 4.06. The van der Waals surface area contributed by atoms with Gasteiger partial charge in [0.1, 0.15) is 12.0 Å². The predicted molar refractivity (Wildman–Crippen MR) is 74.3 cm³/mol. The standard InChI is InChI=1S/C14H18N4O/c1-17-5-3-10(4-6-17)12-7-11-8-15-9-16-13(11)18(2)14(12)19/h7-10H,3-6H2,1-2H3. The Morgan fingerprint density at radius 1 is 1.26 bits per heavy atom. The van der Waals surface area contributed by atoms with E-state index in [2.05, 4.69) is 21.9 Å². The summed E-state index contributed by atoms with van der Waals surface area (Å²) in [5.41, 5.74) is 1.70. The molecule has 0 aliphatic carbocycles. The summed E-state index contributed by atoms with van der Waals surface area (Å²) in [7, 11) is 3.92. The normalized spacial score (nSPS) is 18.0. The molecule has 0 aromatic carbocycles. The SMILES string of the molecule is CN1CCC(c2cc3cncnc3n(C)c2=O)CC1. The van der Waals surface area contributed by atoms with Crippen LogP contribution in [0.25, 0.3) is 11.0 Å². The van der Waals surface area contributed by atoms with E-state index in [0.29, 0.717) is 11.6 Å². The molecule has 2 aromatic heterocycles. The monoisotopic (exact) mass is 258 g/mol. The molecule has 3 heterocycles.